The topological polar surface area (TPSA) is 70.2 Å². The SMILES string of the molecule is CC.CC#CCCCNC(=O)CCCCC.CNCCNC=O. The fraction of sp³-hybridized carbons (Fsp3) is 0.778. The summed E-state index contributed by atoms with van der Waals surface area (Å²) < 4.78 is 0. The highest BCUT2D eigenvalue weighted by Crippen LogP contribution is 1.98. The van der Waals surface area contributed by atoms with Gasteiger partial charge in [0.25, 0.3) is 0 Å². The predicted molar refractivity (Wildman–Crippen MR) is 99.2 cm³/mol. The van der Waals surface area contributed by atoms with Crippen molar-refractivity contribution in [3.8, 4) is 11.8 Å². The highest BCUT2D eigenvalue weighted by molar-refractivity contribution is 5.75. The quantitative estimate of drug-likeness (QED) is 0.310. The van der Waals surface area contributed by atoms with E-state index in [9.17, 15) is 9.59 Å². The van der Waals surface area contributed by atoms with Gasteiger partial charge in [0.15, 0.2) is 0 Å². The van der Waals surface area contributed by atoms with Gasteiger partial charge in [0.2, 0.25) is 12.3 Å². The predicted octanol–water partition coefficient (Wildman–Crippen LogP) is 2.46. The summed E-state index contributed by atoms with van der Waals surface area (Å²) in [6.07, 6.45) is 6.53. The Morgan fingerprint density at radius 2 is 1.78 bits per heavy atom. The molecule has 0 heterocycles. The molecule has 0 aromatic heterocycles. The molecule has 0 spiro atoms. The molecule has 23 heavy (non-hydrogen) atoms. The Bertz CT molecular complexity index is 296. The van der Waals surface area contributed by atoms with Gasteiger partial charge in [-0.2, -0.15) is 0 Å². The highest BCUT2D eigenvalue weighted by atomic mass is 16.1. The van der Waals surface area contributed by atoms with Crippen LogP contribution in [0.5, 0.6) is 0 Å². The summed E-state index contributed by atoms with van der Waals surface area (Å²) in [5.41, 5.74) is 0. The van der Waals surface area contributed by atoms with Gasteiger partial charge >= 0.3 is 0 Å². The number of nitrogens with one attached hydrogen (secondary N) is 3. The van der Waals surface area contributed by atoms with E-state index in [1.807, 2.05) is 27.8 Å². The fourth-order valence-corrected chi connectivity index (χ4v) is 1.41. The van der Waals surface area contributed by atoms with Crippen LogP contribution in [0, 0.1) is 11.8 Å². The van der Waals surface area contributed by atoms with Gasteiger partial charge < -0.3 is 16.0 Å². The van der Waals surface area contributed by atoms with Crippen molar-refractivity contribution in [3.63, 3.8) is 0 Å². The first-order chi connectivity index (χ1) is 11.2. The number of likely N-dealkylation sites (N-methyl/N-ethyl adjacent to an activating group) is 1. The summed E-state index contributed by atoms with van der Waals surface area (Å²) in [5.74, 6) is 5.99. The Hall–Kier alpha value is -1.54. The Labute approximate surface area is 143 Å². The van der Waals surface area contributed by atoms with E-state index in [2.05, 4.69) is 34.7 Å². The van der Waals surface area contributed by atoms with Crippen molar-refractivity contribution in [3.05, 3.63) is 0 Å². The van der Waals surface area contributed by atoms with Gasteiger partial charge in [-0.25, -0.2) is 0 Å². The minimum absolute atomic E-state index is 0.183. The second kappa shape index (κ2) is 28.6. The average Bonchev–Trinajstić information content (AvgIpc) is 2.58. The van der Waals surface area contributed by atoms with Crippen molar-refractivity contribution in [2.45, 2.75) is 66.2 Å². The molecular formula is C18H37N3O2. The number of unbranched alkanes of at least 4 members (excludes halogenated alkanes) is 3. The maximum Gasteiger partial charge on any atom is 0.219 e. The molecule has 0 fully saturated rings. The molecule has 0 aliphatic rings. The smallest absolute Gasteiger partial charge is 0.219 e. The summed E-state index contributed by atoms with van der Waals surface area (Å²) in [6.45, 7) is 10.3. The lowest BCUT2D eigenvalue weighted by atomic mass is 10.2. The van der Waals surface area contributed by atoms with Crippen molar-refractivity contribution in [1.29, 1.82) is 0 Å². The molecule has 0 aromatic carbocycles. The molecule has 0 radical (unpaired) electrons. The first kappa shape index (κ1) is 26.4. The largest absolute Gasteiger partial charge is 0.357 e. The van der Waals surface area contributed by atoms with E-state index in [0.717, 1.165) is 38.8 Å². The van der Waals surface area contributed by atoms with Gasteiger partial charge in [0.05, 0.1) is 0 Å². The molecule has 5 nitrogen and oxygen atoms in total. The van der Waals surface area contributed by atoms with Crippen LogP contribution >= 0.6 is 0 Å². The lowest BCUT2D eigenvalue weighted by Crippen LogP contribution is -2.23. The fourth-order valence-electron chi connectivity index (χ4n) is 1.41. The van der Waals surface area contributed by atoms with Gasteiger partial charge in [-0.3, -0.25) is 9.59 Å². The van der Waals surface area contributed by atoms with E-state index in [4.69, 9.17) is 0 Å². The second-order valence-corrected chi connectivity index (χ2v) is 4.51. The van der Waals surface area contributed by atoms with E-state index in [-0.39, 0.29) is 5.91 Å². The zero-order chi connectivity index (χ0) is 18.2. The third kappa shape index (κ3) is 33.3. The van der Waals surface area contributed by atoms with Crippen LogP contribution in [-0.4, -0.2) is 39.0 Å². The second-order valence-electron chi connectivity index (χ2n) is 4.51. The Morgan fingerprint density at radius 3 is 2.30 bits per heavy atom. The molecule has 0 atom stereocenters. The zero-order valence-electron chi connectivity index (χ0n) is 15.8. The van der Waals surface area contributed by atoms with Gasteiger partial charge in [-0.05, 0) is 26.8 Å². The number of rotatable bonds is 11. The molecule has 2 amide bonds. The summed E-state index contributed by atoms with van der Waals surface area (Å²) in [6, 6.07) is 0. The van der Waals surface area contributed by atoms with Crippen LogP contribution in [-0.2, 0) is 9.59 Å². The Kier molecular flexibility index (Phi) is 32.8. The Morgan fingerprint density at radius 1 is 1.09 bits per heavy atom. The first-order valence-electron chi connectivity index (χ1n) is 8.70. The van der Waals surface area contributed by atoms with Gasteiger partial charge in [-0.1, -0.05) is 33.6 Å². The molecule has 0 saturated heterocycles. The van der Waals surface area contributed by atoms with Crippen molar-refractivity contribution < 1.29 is 9.59 Å². The van der Waals surface area contributed by atoms with Crippen LogP contribution in [0.3, 0.4) is 0 Å². The van der Waals surface area contributed by atoms with E-state index in [0.29, 0.717) is 19.4 Å². The van der Waals surface area contributed by atoms with Crippen LogP contribution in [0.1, 0.15) is 66.2 Å². The molecule has 0 aliphatic heterocycles. The number of carbonyl (C=O) groups is 2. The van der Waals surface area contributed by atoms with E-state index >= 15 is 0 Å². The van der Waals surface area contributed by atoms with Crippen LogP contribution in [0.25, 0.3) is 0 Å². The molecule has 5 heteroatoms. The van der Waals surface area contributed by atoms with Crippen molar-refractivity contribution in [2.75, 3.05) is 26.7 Å². The summed E-state index contributed by atoms with van der Waals surface area (Å²) >= 11 is 0. The number of amides is 2. The third-order valence-corrected chi connectivity index (χ3v) is 2.59. The molecule has 136 valence electrons. The lowest BCUT2D eigenvalue weighted by molar-refractivity contribution is -0.121. The molecule has 0 bridgehead atoms. The molecule has 0 unspecified atom stereocenters. The zero-order valence-corrected chi connectivity index (χ0v) is 15.8. The minimum atomic E-state index is 0.183. The monoisotopic (exact) mass is 327 g/mol. The lowest BCUT2D eigenvalue weighted by Gasteiger charge is -2.02. The van der Waals surface area contributed by atoms with Crippen molar-refractivity contribution in [1.82, 2.24) is 16.0 Å². The average molecular weight is 328 g/mol. The van der Waals surface area contributed by atoms with Gasteiger partial charge in [0, 0.05) is 32.5 Å². The number of hydrogen-bond donors (Lipinski definition) is 3. The molecule has 0 aliphatic carbocycles. The van der Waals surface area contributed by atoms with Crippen LogP contribution in [0.4, 0.5) is 0 Å². The maximum atomic E-state index is 11.2. The molecule has 0 aromatic rings. The van der Waals surface area contributed by atoms with Crippen LogP contribution in [0.15, 0.2) is 0 Å². The highest BCUT2D eigenvalue weighted by Gasteiger charge is 1.98. The van der Waals surface area contributed by atoms with Crippen LogP contribution < -0.4 is 16.0 Å². The van der Waals surface area contributed by atoms with Crippen LogP contribution in [0.2, 0.25) is 0 Å². The molecule has 3 N–H and O–H groups in total. The van der Waals surface area contributed by atoms with E-state index in [1.54, 1.807) is 0 Å². The standard InChI is InChI=1S/C12H21NO.C4H10N2O.C2H6/c1-3-5-7-9-11-13-12(14)10-8-6-4-2;1-5-2-3-6-4-7;1-2/h4,6-11H2,1-2H3,(H,13,14);4-5H,2-3H2,1H3,(H,6,7);1-2H3. The maximum absolute atomic E-state index is 11.2. The summed E-state index contributed by atoms with van der Waals surface area (Å²) in [7, 11) is 1.84. The van der Waals surface area contributed by atoms with Gasteiger partial charge in [-0.15, -0.1) is 11.8 Å². The van der Waals surface area contributed by atoms with Crippen molar-refractivity contribution in [2.24, 2.45) is 0 Å². The number of hydrogen-bond acceptors (Lipinski definition) is 3. The van der Waals surface area contributed by atoms with E-state index < -0.39 is 0 Å². The molecule has 0 saturated carbocycles. The summed E-state index contributed by atoms with van der Waals surface area (Å²) in [4.78, 5) is 20.7. The minimum Gasteiger partial charge on any atom is -0.357 e. The third-order valence-electron chi connectivity index (χ3n) is 2.59. The van der Waals surface area contributed by atoms with E-state index in [1.165, 1.54) is 6.42 Å². The normalized spacial score (nSPS) is 8.22. The first-order valence-corrected chi connectivity index (χ1v) is 8.70. The molecule has 0 rings (SSSR count). The van der Waals surface area contributed by atoms with Gasteiger partial charge in [0.1, 0.15) is 0 Å². The summed E-state index contributed by atoms with van der Waals surface area (Å²) in [5, 5.41) is 8.28. The Balaban J connectivity index is -0.000000373. The molecular weight excluding hydrogens is 290 g/mol. The van der Waals surface area contributed by atoms with Crippen molar-refractivity contribution >= 4 is 12.3 Å². The number of carbonyl (C=O) groups excluding carboxylic acids is 2.